The second kappa shape index (κ2) is 6.03. The first kappa shape index (κ1) is 16.7. The number of aromatic nitrogens is 1. The topological polar surface area (TPSA) is 72.2 Å². The largest absolute Gasteiger partial charge is 0.356 e. The van der Waals surface area contributed by atoms with Gasteiger partial charge >= 0.3 is 0 Å². The Morgan fingerprint density at radius 3 is 2.54 bits per heavy atom. The first-order valence-electron chi connectivity index (χ1n) is 7.09. The Labute approximate surface area is 143 Å². The number of rotatable bonds is 4. The average molecular weight is 366 g/mol. The van der Waals surface area contributed by atoms with Gasteiger partial charge in [-0.3, -0.25) is 4.72 Å². The molecular formula is C16H15FN2O3S2. The summed E-state index contributed by atoms with van der Waals surface area (Å²) in [5.41, 5.74) is 1.34. The van der Waals surface area contributed by atoms with Crippen LogP contribution in [0.15, 0.2) is 39.9 Å². The van der Waals surface area contributed by atoms with Gasteiger partial charge in [0, 0.05) is 15.8 Å². The third-order valence-electron chi connectivity index (χ3n) is 3.59. The fourth-order valence-corrected chi connectivity index (χ4v) is 5.55. The van der Waals surface area contributed by atoms with Crippen molar-refractivity contribution in [3.05, 3.63) is 51.6 Å². The number of hydrogen-bond acceptors (Lipinski definition) is 5. The van der Waals surface area contributed by atoms with E-state index in [1.165, 1.54) is 35.7 Å². The van der Waals surface area contributed by atoms with Gasteiger partial charge < -0.3 is 4.52 Å². The molecule has 0 bridgehead atoms. The van der Waals surface area contributed by atoms with E-state index >= 15 is 0 Å². The molecule has 0 saturated carbocycles. The Balaban J connectivity index is 2.11. The van der Waals surface area contributed by atoms with Crippen molar-refractivity contribution in [1.82, 2.24) is 5.16 Å². The van der Waals surface area contributed by atoms with E-state index in [0.29, 0.717) is 27.5 Å². The van der Waals surface area contributed by atoms with Crippen molar-refractivity contribution in [2.45, 2.75) is 25.7 Å². The summed E-state index contributed by atoms with van der Waals surface area (Å²) in [6.07, 6.45) is 1.47. The third kappa shape index (κ3) is 2.94. The molecule has 0 amide bonds. The van der Waals surface area contributed by atoms with E-state index in [9.17, 15) is 12.8 Å². The maximum atomic E-state index is 13.2. The van der Waals surface area contributed by atoms with Crippen LogP contribution in [0.25, 0.3) is 11.3 Å². The number of nitrogens with zero attached hydrogens (tertiary/aromatic N) is 1. The summed E-state index contributed by atoms with van der Waals surface area (Å²) < 4.78 is 46.8. The van der Waals surface area contributed by atoms with Gasteiger partial charge in [-0.15, -0.1) is 11.3 Å². The van der Waals surface area contributed by atoms with Gasteiger partial charge in [0.05, 0.1) is 17.4 Å². The molecule has 0 fully saturated rings. The lowest BCUT2D eigenvalue weighted by atomic mass is 10.2. The number of anilines is 1. The summed E-state index contributed by atoms with van der Waals surface area (Å²) in [6, 6.07) is 5.52. The van der Waals surface area contributed by atoms with E-state index < -0.39 is 15.8 Å². The highest BCUT2D eigenvalue weighted by atomic mass is 32.2. The smallest absolute Gasteiger partial charge is 0.263 e. The molecule has 24 heavy (non-hydrogen) atoms. The first-order valence-corrected chi connectivity index (χ1v) is 9.39. The fourth-order valence-electron chi connectivity index (χ4n) is 2.55. The Morgan fingerprint density at radius 1 is 1.17 bits per heavy atom. The fraction of sp³-hybridized carbons (Fsp3) is 0.188. The molecule has 0 spiro atoms. The number of hydrogen-bond donors (Lipinski definition) is 1. The first-order chi connectivity index (χ1) is 11.3. The summed E-state index contributed by atoms with van der Waals surface area (Å²) in [6.45, 7) is 5.21. The Hall–Kier alpha value is -2.19. The van der Waals surface area contributed by atoms with Gasteiger partial charge in [-0.25, -0.2) is 12.8 Å². The number of sulfonamides is 1. The van der Waals surface area contributed by atoms with Gasteiger partial charge in [0.25, 0.3) is 10.0 Å². The summed E-state index contributed by atoms with van der Waals surface area (Å²) in [5, 5.41) is 3.65. The lowest BCUT2D eigenvalue weighted by Gasteiger charge is -2.12. The zero-order valence-corrected chi connectivity index (χ0v) is 14.9. The van der Waals surface area contributed by atoms with E-state index in [0.717, 1.165) is 4.88 Å². The van der Waals surface area contributed by atoms with Gasteiger partial charge in [0.15, 0.2) is 5.76 Å². The molecule has 1 N–H and O–H groups in total. The number of nitrogens with one attached hydrogen (secondary N) is 1. The Morgan fingerprint density at radius 2 is 1.92 bits per heavy atom. The highest BCUT2D eigenvalue weighted by molar-refractivity contribution is 7.93. The van der Waals surface area contributed by atoms with Crippen LogP contribution in [0.3, 0.4) is 0 Å². The highest BCUT2D eigenvalue weighted by Crippen LogP contribution is 2.39. The minimum atomic E-state index is -3.87. The van der Waals surface area contributed by atoms with Crippen LogP contribution in [0.2, 0.25) is 0 Å². The van der Waals surface area contributed by atoms with Gasteiger partial charge in [-0.1, -0.05) is 5.16 Å². The molecule has 0 aliphatic carbocycles. The van der Waals surface area contributed by atoms with Gasteiger partial charge in [-0.2, -0.15) is 0 Å². The van der Waals surface area contributed by atoms with Crippen molar-refractivity contribution in [3.8, 4) is 11.3 Å². The zero-order chi connectivity index (χ0) is 17.5. The van der Waals surface area contributed by atoms with Gasteiger partial charge in [0.1, 0.15) is 10.7 Å². The molecule has 0 aliphatic rings. The van der Waals surface area contributed by atoms with Crippen LogP contribution in [0.4, 0.5) is 10.1 Å². The minimum absolute atomic E-state index is 0.158. The molecule has 8 heteroatoms. The molecule has 1 aromatic carbocycles. The van der Waals surface area contributed by atoms with Crippen molar-refractivity contribution in [2.24, 2.45) is 0 Å². The Kier molecular flexibility index (Phi) is 4.18. The highest BCUT2D eigenvalue weighted by Gasteiger charge is 2.28. The summed E-state index contributed by atoms with van der Waals surface area (Å²) in [4.78, 5) is 1.62. The number of benzene rings is 1. The molecule has 0 atom stereocenters. The normalized spacial score (nSPS) is 11.7. The van der Waals surface area contributed by atoms with Gasteiger partial charge in [-0.05, 0) is 44.5 Å². The molecule has 0 unspecified atom stereocenters. The molecule has 3 rings (SSSR count). The van der Waals surface area contributed by atoms with E-state index in [-0.39, 0.29) is 4.90 Å². The molecule has 5 nitrogen and oxygen atoms in total. The van der Waals surface area contributed by atoms with Crippen molar-refractivity contribution >= 4 is 27.0 Å². The number of halogens is 1. The molecular weight excluding hydrogens is 351 g/mol. The molecule has 2 heterocycles. The maximum Gasteiger partial charge on any atom is 0.263 e. The predicted octanol–water partition coefficient (Wildman–Crippen LogP) is 4.27. The summed E-state index contributed by atoms with van der Waals surface area (Å²) in [5.74, 6) is -0.0200. The SMILES string of the molecule is Cc1cc(F)ccc1NS(=O)(=O)c1c(C)sc(C)c1-c1ccno1. The van der Waals surface area contributed by atoms with E-state index in [2.05, 4.69) is 9.88 Å². The Bertz CT molecular complexity index is 993. The van der Waals surface area contributed by atoms with E-state index in [1.807, 2.05) is 6.92 Å². The average Bonchev–Trinajstić information content (AvgIpc) is 3.09. The molecule has 0 saturated heterocycles. The van der Waals surface area contributed by atoms with Crippen LogP contribution < -0.4 is 4.72 Å². The lowest BCUT2D eigenvalue weighted by molar-refractivity contribution is 0.431. The quantitative estimate of drug-likeness (QED) is 0.748. The third-order valence-corrected chi connectivity index (χ3v) is 6.28. The summed E-state index contributed by atoms with van der Waals surface area (Å²) >= 11 is 1.37. The van der Waals surface area contributed by atoms with E-state index in [4.69, 9.17) is 4.52 Å². The van der Waals surface area contributed by atoms with Crippen LogP contribution in [0, 0.1) is 26.6 Å². The van der Waals surface area contributed by atoms with Crippen LogP contribution in [0.1, 0.15) is 15.3 Å². The van der Waals surface area contributed by atoms with Crippen LogP contribution in [0.5, 0.6) is 0 Å². The number of aryl methyl sites for hydroxylation is 3. The monoisotopic (exact) mass is 366 g/mol. The second-order valence-electron chi connectivity index (χ2n) is 5.36. The van der Waals surface area contributed by atoms with Crippen molar-refractivity contribution in [2.75, 3.05) is 4.72 Å². The molecule has 0 radical (unpaired) electrons. The van der Waals surface area contributed by atoms with Crippen LogP contribution >= 0.6 is 11.3 Å². The molecule has 126 valence electrons. The van der Waals surface area contributed by atoms with Crippen LogP contribution in [-0.4, -0.2) is 13.6 Å². The predicted molar refractivity (Wildman–Crippen MR) is 91.2 cm³/mol. The maximum absolute atomic E-state index is 13.2. The second-order valence-corrected chi connectivity index (χ2v) is 8.41. The van der Waals surface area contributed by atoms with Crippen molar-refractivity contribution in [1.29, 1.82) is 0 Å². The van der Waals surface area contributed by atoms with Crippen molar-refractivity contribution in [3.63, 3.8) is 0 Å². The minimum Gasteiger partial charge on any atom is -0.356 e. The lowest BCUT2D eigenvalue weighted by Crippen LogP contribution is -2.15. The van der Waals surface area contributed by atoms with Crippen molar-refractivity contribution < 1.29 is 17.3 Å². The number of thiophene rings is 1. The summed E-state index contributed by atoms with van der Waals surface area (Å²) in [7, 11) is -3.87. The van der Waals surface area contributed by atoms with Gasteiger partial charge in [0.2, 0.25) is 0 Å². The van der Waals surface area contributed by atoms with E-state index in [1.54, 1.807) is 19.9 Å². The van der Waals surface area contributed by atoms with Crippen LogP contribution in [-0.2, 0) is 10.0 Å². The molecule has 2 aromatic heterocycles. The molecule has 0 aliphatic heterocycles. The molecule has 3 aromatic rings. The zero-order valence-electron chi connectivity index (χ0n) is 13.3. The standard InChI is InChI=1S/C16H15FN2O3S2/c1-9-8-12(17)4-5-13(9)19-24(20,21)16-11(3)23-10(2)15(16)14-6-7-18-22-14/h4-8,19H,1-3H3.